The number of aryl methyl sites for hydroxylation is 1. The lowest BCUT2D eigenvalue weighted by Gasteiger charge is -2.43. The summed E-state index contributed by atoms with van der Waals surface area (Å²) < 4.78 is 0. The molecular weight excluding hydrogens is 410 g/mol. The molecular formula is C28H35N3O2. The van der Waals surface area contributed by atoms with Gasteiger partial charge in [-0.25, -0.2) is 0 Å². The topological polar surface area (TPSA) is 59.6 Å². The van der Waals surface area contributed by atoms with Crippen LogP contribution in [0.25, 0.3) is 10.9 Å². The quantitative estimate of drug-likeness (QED) is 0.540. The number of carbonyl (C=O) groups excluding carboxylic acids is 1. The van der Waals surface area contributed by atoms with E-state index < -0.39 is 6.10 Å². The van der Waals surface area contributed by atoms with Gasteiger partial charge < -0.3 is 15.0 Å². The Morgan fingerprint density at radius 3 is 2.39 bits per heavy atom. The minimum Gasteiger partial charge on any atom is -0.383 e. The van der Waals surface area contributed by atoms with E-state index in [9.17, 15) is 9.90 Å². The summed E-state index contributed by atoms with van der Waals surface area (Å²) in [5.74, 6) is -0.212. The number of likely N-dealkylation sites (tertiary alicyclic amines) is 2. The Labute approximate surface area is 196 Å². The predicted molar refractivity (Wildman–Crippen MR) is 133 cm³/mol. The van der Waals surface area contributed by atoms with Gasteiger partial charge in [0.15, 0.2) is 5.78 Å². The number of ketones is 1. The fraction of sp³-hybridized carbons (Fsp3) is 0.464. The third-order valence-corrected chi connectivity index (χ3v) is 7.64. The summed E-state index contributed by atoms with van der Waals surface area (Å²) in [5.41, 5.74) is 3.68. The van der Waals surface area contributed by atoms with E-state index in [4.69, 9.17) is 0 Å². The van der Waals surface area contributed by atoms with Gasteiger partial charge in [0.2, 0.25) is 0 Å². The molecule has 5 rings (SSSR count). The Kier molecular flexibility index (Phi) is 6.63. The van der Waals surface area contributed by atoms with Gasteiger partial charge in [-0.15, -0.1) is 0 Å². The number of Topliss-reactive ketones (excluding diaryl/α,β-unsaturated/α-hetero) is 1. The lowest BCUT2D eigenvalue weighted by molar-refractivity contribution is 0.0161. The summed E-state index contributed by atoms with van der Waals surface area (Å²) in [4.78, 5) is 21.7. The fourth-order valence-corrected chi connectivity index (χ4v) is 5.75. The van der Waals surface area contributed by atoms with Crippen LogP contribution in [0.4, 0.5) is 0 Å². The van der Waals surface area contributed by atoms with Gasteiger partial charge in [-0.3, -0.25) is 9.69 Å². The van der Waals surface area contributed by atoms with Crippen molar-refractivity contribution >= 4 is 16.7 Å². The first-order chi connectivity index (χ1) is 16.1. The van der Waals surface area contributed by atoms with Crippen molar-refractivity contribution in [2.45, 2.75) is 57.2 Å². The van der Waals surface area contributed by atoms with Crippen molar-refractivity contribution in [3.63, 3.8) is 0 Å². The number of aromatic nitrogens is 1. The highest BCUT2D eigenvalue weighted by Gasteiger charge is 2.36. The van der Waals surface area contributed by atoms with Crippen LogP contribution in [0.5, 0.6) is 0 Å². The molecule has 5 nitrogen and oxygen atoms in total. The molecule has 2 saturated heterocycles. The average molecular weight is 446 g/mol. The third kappa shape index (κ3) is 4.63. The van der Waals surface area contributed by atoms with Gasteiger partial charge in [0.05, 0.1) is 6.04 Å². The molecule has 0 bridgehead atoms. The largest absolute Gasteiger partial charge is 0.383 e. The molecule has 33 heavy (non-hydrogen) atoms. The number of fused-ring (bicyclic) bond motifs is 1. The lowest BCUT2D eigenvalue weighted by Crippen LogP contribution is -2.50. The van der Waals surface area contributed by atoms with Gasteiger partial charge in [0.25, 0.3) is 0 Å². The van der Waals surface area contributed by atoms with E-state index >= 15 is 0 Å². The van der Waals surface area contributed by atoms with Crippen molar-refractivity contribution in [1.29, 1.82) is 0 Å². The third-order valence-electron chi connectivity index (χ3n) is 7.64. The van der Waals surface area contributed by atoms with Gasteiger partial charge in [0, 0.05) is 41.8 Å². The normalized spacial score (nSPS) is 20.7. The Hall–Kier alpha value is -2.47. The Bertz CT molecular complexity index is 1080. The van der Waals surface area contributed by atoms with Gasteiger partial charge in [-0.1, -0.05) is 54.4 Å². The number of hydrogen-bond acceptors (Lipinski definition) is 4. The molecule has 1 aromatic heterocycles. The molecule has 2 atom stereocenters. The smallest absolute Gasteiger partial charge is 0.195 e. The number of benzene rings is 2. The molecule has 0 spiro atoms. The van der Waals surface area contributed by atoms with Crippen LogP contribution >= 0.6 is 0 Å². The number of carbonyl (C=O) groups is 1. The number of rotatable bonds is 6. The van der Waals surface area contributed by atoms with Crippen LogP contribution in [-0.4, -0.2) is 64.0 Å². The van der Waals surface area contributed by atoms with E-state index in [1.165, 1.54) is 37.9 Å². The Balaban J connectivity index is 1.39. The molecule has 0 radical (unpaired) electrons. The van der Waals surface area contributed by atoms with Crippen molar-refractivity contribution < 1.29 is 9.90 Å². The van der Waals surface area contributed by atoms with Crippen molar-refractivity contribution in [3.8, 4) is 0 Å². The van der Waals surface area contributed by atoms with E-state index in [0.717, 1.165) is 42.4 Å². The summed E-state index contributed by atoms with van der Waals surface area (Å²) in [6.07, 6.45) is 6.79. The second-order valence-electron chi connectivity index (χ2n) is 9.78. The predicted octanol–water partition coefficient (Wildman–Crippen LogP) is 4.71. The van der Waals surface area contributed by atoms with Gasteiger partial charge in [-0.2, -0.15) is 0 Å². The van der Waals surface area contributed by atoms with Gasteiger partial charge in [-0.05, 0) is 57.3 Å². The van der Waals surface area contributed by atoms with Crippen molar-refractivity contribution in [3.05, 3.63) is 71.4 Å². The van der Waals surface area contributed by atoms with Crippen molar-refractivity contribution in [1.82, 2.24) is 14.8 Å². The minimum atomic E-state index is -1.11. The van der Waals surface area contributed by atoms with Crippen LogP contribution in [0, 0.1) is 6.92 Å². The summed E-state index contributed by atoms with van der Waals surface area (Å²) in [6, 6.07) is 16.4. The molecule has 2 aliphatic heterocycles. The standard InChI is InChI=1S/C28H35N3O2/c1-20-9-11-21(12-10-20)26(31-17-13-22(14-18-31)30-15-5-2-6-16-30)28(33)27(32)24-19-29-25-8-4-3-7-23(24)25/h3-4,7-12,19,22,26,28-29,33H,2,5-6,13-18H2,1H3/t26-,28+/m0/s1. The molecule has 2 N–H and O–H groups in total. The minimum absolute atomic E-state index is 0.212. The van der Waals surface area contributed by atoms with Crippen LogP contribution in [0.2, 0.25) is 0 Å². The van der Waals surface area contributed by atoms with E-state index in [0.29, 0.717) is 11.6 Å². The van der Waals surface area contributed by atoms with Crippen LogP contribution in [0.3, 0.4) is 0 Å². The van der Waals surface area contributed by atoms with Gasteiger partial charge in [0.1, 0.15) is 6.10 Å². The number of nitrogens with one attached hydrogen (secondary N) is 1. The molecule has 3 aromatic rings. The second kappa shape index (κ2) is 9.80. The number of aliphatic hydroxyl groups is 1. The number of piperidine rings is 2. The first-order valence-electron chi connectivity index (χ1n) is 12.4. The number of para-hydroxylation sites is 1. The fourth-order valence-electron chi connectivity index (χ4n) is 5.75. The Morgan fingerprint density at radius 2 is 1.67 bits per heavy atom. The number of H-pyrrole nitrogens is 1. The molecule has 5 heteroatoms. The summed E-state index contributed by atoms with van der Waals surface area (Å²) >= 11 is 0. The molecule has 0 aliphatic carbocycles. The van der Waals surface area contributed by atoms with Crippen molar-refractivity contribution in [2.75, 3.05) is 26.2 Å². The molecule has 0 saturated carbocycles. The number of hydrogen-bond donors (Lipinski definition) is 2. The highest BCUT2D eigenvalue weighted by Crippen LogP contribution is 2.32. The summed E-state index contributed by atoms with van der Waals surface area (Å²) in [5, 5.41) is 12.4. The van der Waals surface area contributed by atoms with Crippen molar-refractivity contribution in [2.24, 2.45) is 0 Å². The van der Waals surface area contributed by atoms with Crippen LogP contribution in [-0.2, 0) is 0 Å². The van der Waals surface area contributed by atoms with E-state index in [1.54, 1.807) is 6.20 Å². The second-order valence-corrected chi connectivity index (χ2v) is 9.78. The monoisotopic (exact) mass is 445 g/mol. The van der Waals surface area contributed by atoms with Crippen LogP contribution in [0.1, 0.15) is 59.6 Å². The molecule has 3 heterocycles. The molecule has 2 fully saturated rings. The number of aliphatic hydroxyl groups excluding tert-OH is 1. The highest BCUT2D eigenvalue weighted by atomic mass is 16.3. The van der Waals surface area contributed by atoms with Crippen LogP contribution < -0.4 is 0 Å². The number of aromatic amines is 1. The molecule has 174 valence electrons. The molecule has 0 unspecified atom stereocenters. The van der Waals surface area contributed by atoms with E-state index in [2.05, 4.69) is 46.0 Å². The maximum atomic E-state index is 13.6. The van der Waals surface area contributed by atoms with Gasteiger partial charge >= 0.3 is 0 Å². The zero-order chi connectivity index (χ0) is 22.8. The van der Waals surface area contributed by atoms with E-state index in [1.807, 2.05) is 24.3 Å². The first kappa shape index (κ1) is 22.3. The SMILES string of the molecule is Cc1ccc([C@@H]([C@@H](O)C(=O)c2c[nH]c3ccccc23)N2CCC(N3CCCCC3)CC2)cc1. The first-order valence-corrected chi connectivity index (χ1v) is 12.4. The lowest BCUT2D eigenvalue weighted by atomic mass is 9.90. The maximum Gasteiger partial charge on any atom is 0.195 e. The summed E-state index contributed by atoms with van der Waals surface area (Å²) in [6.45, 7) is 6.30. The van der Waals surface area contributed by atoms with Crippen LogP contribution in [0.15, 0.2) is 54.7 Å². The van der Waals surface area contributed by atoms with E-state index in [-0.39, 0.29) is 11.8 Å². The highest BCUT2D eigenvalue weighted by molar-refractivity contribution is 6.10. The average Bonchev–Trinajstić information content (AvgIpc) is 3.30. The number of nitrogens with zero attached hydrogens (tertiary/aromatic N) is 2. The summed E-state index contributed by atoms with van der Waals surface area (Å²) in [7, 11) is 0. The molecule has 2 aliphatic rings. The Morgan fingerprint density at radius 1 is 0.970 bits per heavy atom. The maximum absolute atomic E-state index is 13.6. The molecule has 2 aromatic carbocycles. The molecule has 0 amide bonds. The zero-order valence-corrected chi connectivity index (χ0v) is 19.5. The zero-order valence-electron chi connectivity index (χ0n) is 19.5.